The molecule has 10 heteroatoms. The number of rotatable bonds is 7. The first-order valence-corrected chi connectivity index (χ1v) is 13.2. The summed E-state index contributed by atoms with van der Waals surface area (Å²) in [5, 5.41) is 11.4. The van der Waals surface area contributed by atoms with E-state index >= 15 is 0 Å². The number of nitro benzene ring substituents is 1. The van der Waals surface area contributed by atoms with E-state index in [0.29, 0.717) is 5.75 Å². The van der Waals surface area contributed by atoms with E-state index in [-0.39, 0.29) is 34.8 Å². The van der Waals surface area contributed by atoms with Gasteiger partial charge in [-0.3, -0.25) is 24.6 Å². The summed E-state index contributed by atoms with van der Waals surface area (Å²) < 4.78 is 7.42. The number of methoxy groups -OCH3 is 1. The lowest BCUT2D eigenvalue weighted by molar-refractivity contribution is -0.384. The SMILES string of the molecule is COc1ccc(C2c3cccn3-c3ccccc3N2C(=O)CN(C(=O)c2ccc(Cl)c([N+](=O)[O-])c2)C2CC2)cc1. The van der Waals surface area contributed by atoms with E-state index in [2.05, 4.69) is 4.57 Å². The average Bonchev–Trinajstić information content (AvgIpc) is 3.70. The van der Waals surface area contributed by atoms with Crippen LogP contribution in [0.5, 0.6) is 5.75 Å². The summed E-state index contributed by atoms with van der Waals surface area (Å²) in [5.74, 6) is 0.00509. The van der Waals surface area contributed by atoms with Gasteiger partial charge in [-0.15, -0.1) is 0 Å². The Morgan fingerprint density at radius 3 is 2.42 bits per heavy atom. The van der Waals surface area contributed by atoms with Gasteiger partial charge in [0.1, 0.15) is 23.4 Å². The second-order valence-corrected chi connectivity index (χ2v) is 10.2. The highest BCUT2D eigenvalue weighted by Crippen LogP contribution is 2.43. The Balaban J connectivity index is 1.39. The number of nitro groups is 1. The van der Waals surface area contributed by atoms with E-state index in [4.69, 9.17) is 16.3 Å². The van der Waals surface area contributed by atoms with Gasteiger partial charge in [0.25, 0.3) is 11.6 Å². The maximum absolute atomic E-state index is 14.3. The number of benzene rings is 3. The van der Waals surface area contributed by atoms with Crippen molar-refractivity contribution in [3.8, 4) is 11.4 Å². The number of carbonyl (C=O) groups is 2. The lowest BCUT2D eigenvalue weighted by Crippen LogP contribution is -2.47. The summed E-state index contributed by atoms with van der Waals surface area (Å²) in [6, 6.07) is 22.6. The summed E-state index contributed by atoms with van der Waals surface area (Å²) in [6.07, 6.45) is 3.49. The minimum absolute atomic E-state index is 0.0501. The molecule has 1 aromatic heterocycles. The molecular formula is C30H25ClN4O5. The molecular weight excluding hydrogens is 532 g/mol. The summed E-state index contributed by atoms with van der Waals surface area (Å²) >= 11 is 5.97. The number of para-hydroxylation sites is 2. The number of hydrogen-bond donors (Lipinski definition) is 0. The van der Waals surface area contributed by atoms with Gasteiger partial charge in [0.15, 0.2) is 0 Å². The number of nitrogens with zero attached hydrogens (tertiary/aromatic N) is 4. The van der Waals surface area contributed by atoms with Gasteiger partial charge in [-0.05, 0) is 66.9 Å². The molecule has 6 rings (SSSR count). The fraction of sp³-hybridized carbons (Fsp3) is 0.200. The summed E-state index contributed by atoms with van der Waals surface area (Å²) in [4.78, 5) is 42.0. The predicted molar refractivity (Wildman–Crippen MR) is 150 cm³/mol. The van der Waals surface area contributed by atoms with Crippen LogP contribution in [0.25, 0.3) is 5.69 Å². The first kappa shape index (κ1) is 25.6. The van der Waals surface area contributed by atoms with Crippen LogP contribution in [0, 0.1) is 10.1 Å². The average molecular weight is 557 g/mol. The Hall–Kier alpha value is -4.63. The molecule has 2 amide bonds. The van der Waals surface area contributed by atoms with Gasteiger partial charge in [-0.25, -0.2) is 0 Å². The molecule has 0 spiro atoms. The number of aromatic nitrogens is 1. The van der Waals surface area contributed by atoms with Crippen LogP contribution in [0.2, 0.25) is 5.02 Å². The summed E-state index contributed by atoms with van der Waals surface area (Å²) in [7, 11) is 1.60. The Kier molecular flexibility index (Phi) is 6.51. The van der Waals surface area contributed by atoms with Crippen molar-refractivity contribution in [2.75, 3.05) is 18.6 Å². The smallest absolute Gasteiger partial charge is 0.288 e. The molecule has 1 unspecified atom stereocenters. The second kappa shape index (κ2) is 10.2. The monoisotopic (exact) mass is 556 g/mol. The molecule has 9 nitrogen and oxygen atoms in total. The van der Waals surface area contributed by atoms with Crippen LogP contribution >= 0.6 is 11.6 Å². The van der Waals surface area contributed by atoms with Crippen molar-refractivity contribution in [2.24, 2.45) is 0 Å². The highest BCUT2D eigenvalue weighted by molar-refractivity contribution is 6.32. The first-order valence-electron chi connectivity index (χ1n) is 12.8. The van der Waals surface area contributed by atoms with Crippen molar-refractivity contribution in [2.45, 2.75) is 24.9 Å². The third-order valence-electron chi connectivity index (χ3n) is 7.36. The van der Waals surface area contributed by atoms with E-state index in [0.717, 1.165) is 35.5 Å². The molecule has 40 heavy (non-hydrogen) atoms. The molecule has 1 saturated carbocycles. The van der Waals surface area contributed by atoms with Gasteiger partial charge in [0.2, 0.25) is 5.91 Å². The number of fused-ring (bicyclic) bond motifs is 3. The molecule has 1 atom stereocenters. The fourth-order valence-electron chi connectivity index (χ4n) is 5.29. The van der Waals surface area contributed by atoms with Crippen molar-refractivity contribution in [3.63, 3.8) is 0 Å². The molecule has 0 bridgehead atoms. The zero-order chi connectivity index (χ0) is 28.0. The summed E-state index contributed by atoms with van der Waals surface area (Å²) in [6.45, 7) is -0.179. The van der Waals surface area contributed by atoms with Crippen LogP contribution in [-0.4, -0.2) is 45.9 Å². The molecule has 2 aliphatic rings. The molecule has 0 N–H and O–H groups in total. The second-order valence-electron chi connectivity index (χ2n) is 9.82. The fourth-order valence-corrected chi connectivity index (χ4v) is 5.48. The number of anilines is 1. The van der Waals surface area contributed by atoms with E-state index < -0.39 is 16.9 Å². The van der Waals surface area contributed by atoms with Gasteiger partial charge < -0.3 is 14.2 Å². The van der Waals surface area contributed by atoms with E-state index in [1.165, 1.54) is 23.1 Å². The van der Waals surface area contributed by atoms with Crippen LogP contribution in [0.3, 0.4) is 0 Å². The molecule has 3 aromatic carbocycles. The molecule has 202 valence electrons. The van der Waals surface area contributed by atoms with Crippen LogP contribution < -0.4 is 9.64 Å². The number of amides is 2. The van der Waals surface area contributed by atoms with E-state index in [9.17, 15) is 19.7 Å². The maximum Gasteiger partial charge on any atom is 0.288 e. The molecule has 0 saturated heterocycles. The normalized spacial score (nSPS) is 15.7. The Morgan fingerprint density at radius 1 is 1.02 bits per heavy atom. The predicted octanol–water partition coefficient (Wildman–Crippen LogP) is 5.79. The van der Waals surface area contributed by atoms with E-state index in [1.54, 1.807) is 12.0 Å². The minimum Gasteiger partial charge on any atom is -0.497 e. The quantitative estimate of drug-likeness (QED) is 0.212. The van der Waals surface area contributed by atoms with Gasteiger partial charge in [0, 0.05) is 23.9 Å². The van der Waals surface area contributed by atoms with Crippen LogP contribution in [0.4, 0.5) is 11.4 Å². The van der Waals surface area contributed by atoms with Crippen molar-refractivity contribution in [1.29, 1.82) is 0 Å². The van der Waals surface area contributed by atoms with Gasteiger partial charge in [-0.1, -0.05) is 35.9 Å². The lowest BCUT2D eigenvalue weighted by atomic mass is 9.97. The number of carbonyl (C=O) groups excluding carboxylic acids is 2. The van der Waals surface area contributed by atoms with Crippen molar-refractivity contribution >= 4 is 34.8 Å². The molecule has 1 aliphatic carbocycles. The van der Waals surface area contributed by atoms with Crippen LogP contribution in [-0.2, 0) is 4.79 Å². The topological polar surface area (TPSA) is 97.9 Å². The van der Waals surface area contributed by atoms with Crippen LogP contribution in [0.1, 0.15) is 40.5 Å². The molecule has 0 radical (unpaired) electrons. The van der Waals surface area contributed by atoms with Crippen molar-refractivity contribution < 1.29 is 19.2 Å². The first-order chi connectivity index (χ1) is 19.4. The Labute approximate surface area is 235 Å². The van der Waals surface area contributed by atoms with Crippen molar-refractivity contribution in [1.82, 2.24) is 9.47 Å². The molecule has 4 aromatic rings. The van der Waals surface area contributed by atoms with Gasteiger partial charge in [-0.2, -0.15) is 0 Å². The zero-order valence-electron chi connectivity index (χ0n) is 21.6. The Bertz CT molecular complexity index is 1630. The molecule has 1 aliphatic heterocycles. The van der Waals surface area contributed by atoms with Gasteiger partial charge in [0.05, 0.1) is 29.1 Å². The Morgan fingerprint density at radius 2 is 1.75 bits per heavy atom. The number of halogens is 1. The minimum atomic E-state index is -0.620. The molecule has 2 heterocycles. The summed E-state index contributed by atoms with van der Waals surface area (Å²) in [5.41, 5.74) is 3.16. The number of ether oxygens (including phenoxy) is 1. The third-order valence-corrected chi connectivity index (χ3v) is 7.68. The molecule has 1 fully saturated rings. The zero-order valence-corrected chi connectivity index (χ0v) is 22.3. The standard InChI is InChI=1S/C30H25ClN4O5/c1-40-22-13-8-19(9-14-22)29-26-7-4-16-32(26)24-5-2-3-6-25(24)34(29)28(36)18-33(21-11-12-21)30(37)20-10-15-23(31)27(17-20)35(38)39/h2-10,13-17,21,29H,11-12,18H2,1H3. The highest BCUT2D eigenvalue weighted by atomic mass is 35.5. The van der Waals surface area contributed by atoms with Gasteiger partial charge >= 0.3 is 0 Å². The van der Waals surface area contributed by atoms with E-state index in [1.807, 2.05) is 66.9 Å². The lowest BCUT2D eigenvalue weighted by Gasteiger charge is -2.39. The highest BCUT2D eigenvalue weighted by Gasteiger charge is 2.40. The van der Waals surface area contributed by atoms with Crippen molar-refractivity contribution in [3.05, 3.63) is 117 Å². The van der Waals surface area contributed by atoms with Crippen LogP contribution in [0.15, 0.2) is 85.1 Å². The number of hydrogen-bond acceptors (Lipinski definition) is 5. The largest absolute Gasteiger partial charge is 0.497 e. The third kappa shape index (κ3) is 4.48. The maximum atomic E-state index is 14.3.